The van der Waals surface area contributed by atoms with Crippen molar-refractivity contribution in [3.05, 3.63) is 65.9 Å². The Morgan fingerprint density at radius 3 is 2.71 bits per heavy atom. The maximum Gasteiger partial charge on any atom is 0.287 e. The first kappa shape index (κ1) is 16.1. The summed E-state index contributed by atoms with van der Waals surface area (Å²) >= 11 is 0. The van der Waals surface area contributed by atoms with Gasteiger partial charge in [-0.2, -0.15) is 0 Å². The maximum absolute atomic E-state index is 12.3. The lowest BCUT2D eigenvalue weighted by molar-refractivity contribution is 0.0808. The number of furan rings is 1. The predicted octanol–water partition coefficient (Wildman–Crippen LogP) is 3.56. The third-order valence-electron chi connectivity index (χ3n) is 3.85. The number of carbonyl (C=O) groups excluding carboxylic acids is 1. The number of methoxy groups -OCH3 is 2. The van der Waals surface area contributed by atoms with Crippen LogP contribution in [0.4, 0.5) is 0 Å². The number of benzene rings is 2. The lowest BCUT2D eigenvalue weighted by atomic mass is 10.1. The average molecular weight is 325 g/mol. The van der Waals surface area contributed by atoms with Crippen LogP contribution in [0.5, 0.6) is 5.75 Å². The standard InChI is InChI=1S/C19H19NO4/c1-22-15-8-5-7-13(10-15)18(23-2)12-20-19(21)17-11-14-6-3-4-9-16(14)24-17/h3-11,18H,12H2,1-2H3,(H,20,21)/t18-/m0/s1. The smallest absolute Gasteiger partial charge is 0.287 e. The van der Waals surface area contributed by atoms with E-state index in [0.717, 1.165) is 16.7 Å². The van der Waals surface area contributed by atoms with Gasteiger partial charge in [-0.1, -0.05) is 30.3 Å². The Labute approximate surface area is 140 Å². The Hall–Kier alpha value is -2.79. The Kier molecular flexibility index (Phi) is 4.82. The molecule has 2 aromatic carbocycles. The van der Waals surface area contributed by atoms with Crippen molar-refractivity contribution in [1.82, 2.24) is 5.32 Å². The van der Waals surface area contributed by atoms with Gasteiger partial charge in [0, 0.05) is 19.0 Å². The Balaban J connectivity index is 1.69. The number of amides is 1. The van der Waals surface area contributed by atoms with Gasteiger partial charge < -0.3 is 19.2 Å². The second kappa shape index (κ2) is 7.19. The summed E-state index contributed by atoms with van der Waals surface area (Å²) < 4.78 is 16.3. The lowest BCUT2D eigenvalue weighted by Crippen LogP contribution is -2.28. The normalized spacial score (nSPS) is 12.1. The highest BCUT2D eigenvalue weighted by Crippen LogP contribution is 2.22. The monoisotopic (exact) mass is 325 g/mol. The van der Waals surface area contributed by atoms with Crippen molar-refractivity contribution >= 4 is 16.9 Å². The Morgan fingerprint density at radius 1 is 1.12 bits per heavy atom. The van der Waals surface area contributed by atoms with Gasteiger partial charge in [0.1, 0.15) is 11.3 Å². The van der Waals surface area contributed by atoms with Crippen LogP contribution in [0.25, 0.3) is 11.0 Å². The van der Waals surface area contributed by atoms with E-state index in [9.17, 15) is 4.79 Å². The molecule has 5 nitrogen and oxygen atoms in total. The summed E-state index contributed by atoms with van der Waals surface area (Å²) in [4.78, 5) is 12.3. The molecular formula is C19H19NO4. The van der Waals surface area contributed by atoms with E-state index in [2.05, 4.69) is 5.32 Å². The third kappa shape index (κ3) is 3.41. The van der Waals surface area contributed by atoms with Crippen LogP contribution in [-0.4, -0.2) is 26.7 Å². The number of hydrogen-bond acceptors (Lipinski definition) is 4. The fourth-order valence-electron chi connectivity index (χ4n) is 2.55. The van der Waals surface area contributed by atoms with E-state index >= 15 is 0 Å². The number of nitrogens with one attached hydrogen (secondary N) is 1. The molecule has 1 heterocycles. The minimum atomic E-state index is -0.270. The number of ether oxygens (including phenoxy) is 2. The molecule has 1 atom stereocenters. The number of para-hydroxylation sites is 1. The highest BCUT2D eigenvalue weighted by Gasteiger charge is 2.16. The molecule has 0 bridgehead atoms. The van der Waals surface area contributed by atoms with E-state index in [1.807, 2.05) is 48.5 Å². The predicted molar refractivity (Wildman–Crippen MR) is 91.3 cm³/mol. The van der Waals surface area contributed by atoms with Crippen LogP contribution in [0.2, 0.25) is 0 Å². The maximum atomic E-state index is 12.3. The molecule has 0 spiro atoms. The van der Waals surface area contributed by atoms with E-state index < -0.39 is 0 Å². The second-order valence-corrected chi connectivity index (χ2v) is 5.36. The molecule has 0 aliphatic carbocycles. The van der Waals surface area contributed by atoms with Gasteiger partial charge in [0.05, 0.1) is 13.2 Å². The molecule has 0 saturated carbocycles. The molecule has 3 rings (SSSR count). The van der Waals surface area contributed by atoms with Gasteiger partial charge in [0.25, 0.3) is 5.91 Å². The van der Waals surface area contributed by atoms with Crippen molar-refractivity contribution in [2.24, 2.45) is 0 Å². The van der Waals surface area contributed by atoms with Crippen molar-refractivity contribution in [2.75, 3.05) is 20.8 Å². The molecule has 0 aliphatic rings. The number of hydrogen-bond donors (Lipinski definition) is 1. The van der Waals surface area contributed by atoms with Crippen LogP contribution < -0.4 is 10.1 Å². The van der Waals surface area contributed by atoms with Gasteiger partial charge in [0.2, 0.25) is 0 Å². The second-order valence-electron chi connectivity index (χ2n) is 5.36. The van der Waals surface area contributed by atoms with Crippen molar-refractivity contribution in [3.8, 4) is 5.75 Å². The van der Waals surface area contributed by atoms with Crippen molar-refractivity contribution in [3.63, 3.8) is 0 Å². The van der Waals surface area contributed by atoms with Gasteiger partial charge in [-0.05, 0) is 29.8 Å². The molecule has 1 amide bonds. The zero-order valence-corrected chi connectivity index (χ0v) is 13.6. The van der Waals surface area contributed by atoms with Crippen LogP contribution in [0.3, 0.4) is 0 Å². The van der Waals surface area contributed by atoms with Gasteiger partial charge in [-0.25, -0.2) is 0 Å². The summed E-state index contributed by atoms with van der Waals surface area (Å²) in [5.41, 5.74) is 1.63. The van der Waals surface area contributed by atoms with E-state index in [1.165, 1.54) is 0 Å². The summed E-state index contributed by atoms with van der Waals surface area (Å²) in [6.45, 7) is 0.333. The van der Waals surface area contributed by atoms with E-state index in [1.54, 1.807) is 20.3 Å². The number of fused-ring (bicyclic) bond motifs is 1. The first-order valence-electron chi connectivity index (χ1n) is 7.65. The molecule has 1 aromatic heterocycles. The average Bonchev–Trinajstić information content (AvgIpc) is 3.06. The molecule has 0 fully saturated rings. The number of carbonyl (C=O) groups is 1. The molecule has 3 aromatic rings. The summed E-state index contributed by atoms with van der Waals surface area (Å²) in [6.07, 6.45) is -0.270. The highest BCUT2D eigenvalue weighted by molar-refractivity contribution is 5.96. The highest BCUT2D eigenvalue weighted by atomic mass is 16.5. The van der Waals surface area contributed by atoms with Gasteiger partial charge in [0.15, 0.2) is 5.76 Å². The van der Waals surface area contributed by atoms with Crippen LogP contribution >= 0.6 is 0 Å². The molecule has 0 unspecified atom stereocenters. The fourth-order valence-corrected chi connectivity index (χ4v) is 2.55. The van der Waals surface area contributed by atoms with Crippen molar-refractivity contribution in [2.45, 2.75) is 6.10 Å². The third-order valence-corrected chi connectivity index (χ3v) is 3.85. The van der Waals surface area contributed by atoms with E-state index in [0.29, 0.717) is 12.1 Å². The number of rotatable bonds is 6. The van der Waals surface area contributed by atoms with E-state index in [4.69, 9.17) is 13.9 Å². The Bertz CT molecular complexity index is 807. The van der Waals surface area contributed by atoms with Gasteiger partial charge in [-0.3, -0.25) is 4.79 Å². The zero-order valence-electron chi connectivity index (χ0n) is 13.6. The van der Waals surface area contributed by atoms with Gasteiger partial charge >= 0.3 is 0 Å². The molecule has 124 valence electrons. The fraction of sp³-hybridized carbons (Fsp3) is 0.211. The van der Waals surface area contributed by atoms with E-state index in [-0.39, 0.29) is 17.8 Å². The first-order chi connectivity index (χ1) is 11.7. The molecule has 1 N–H and O–H groups in total. The lowest BCUT2D eigenvalue weighted by Gasteiger charge is -2.16. The summed E-state index contributed by atoms with van der Waals surface area (Å²) in [7, 11) is 3.22. The van der Waals surface area contributed by atoms with Crippen LogP contribution in [0.15, 0.2) is 59.0 Å². The zero-order chi connectivity index (χ0) is 16.9. The van der Waals surface area contributed by atoms with Crippen molar-refractivity contribution in [1.29, 1.82) is 0 Å². The van der Waals surface area contributed by atoms with Gasteiger partial charge in [-0.15, -0.1) is 0 Å². The minimum Gasteiger partial charge on any atom is -0.497 e. The van der Waals surface area contributed by atoms with Crippen molar-refractivity contribution < 1.29 is 18.7 Å². The largest absolute Gasteiger partial charge is 0.497 e. The quantitative estimate of drug-likeness (QED) is 0.753. The molecule has 0 radical (unpaired) electrons. The summed E-state index contributed by atoms with van der Waals surface area (Å²) in [5.74, 6) is 0.769. The molecule has 5 heteroatoms. The molecular weight excluding hydrogens is 306 g/mol. The van der Waals surface area contributed by atoms with Crippen LogP contribution in [0, 0.1) is 0 Å². The van der Waals surface area contributed by atoms with Crippen LogP contribution in [0.1, 0.15) is 22.2 Å². The summed E-state index contributed by atoms with van der Waals surface area (Å²) in [5, 5.41) is 3.75. The molecule has 24 heavy (non-hydrogen) atoms. The van der Waals surface area contributed by atoms with Crippen LogP contribution in [-0.2, 0) is 4.74 Å². The molecule has 0 aliphatic heterocycles. The SMILES string of the molecule is COc1cccc([C@H](CNC(=O)c2cc3ccccc3o2)OC)c1. The molecule has 0 saturated heterocycles. The minimum absolute atomic E-state index is 0.267. The summed E-state index contributed by atoms with van der Waals surface area (Å²) in [6, 6.07) is 16.8. The Morgan fingerprint density at radius 2 is 1.96 bits per heavy atom. The first-order valence-corrected chi connectivity index (χ1v) is 7.65. The topological polar surface area (TPSA) is 60.7 Å².